The Balaban J connectivity index is 2.60. The molecule has 8 atom stereocenters. The number of aliphatic hydroxyl groups excluding tert-OH is 5. The second-order valence-corrected chi connectivity index (χ2v) is 24.6. The van der Waals surface area contributed by atoms with E-state index in [-0.39, 0.29) is 13.0 Å². The molecule has 1 amide bonds. The monoisotopic (exact) mass is 1150 g/mol. The standard InChI is InChI=1S/C70H133NO10/c1-4-7-10-13-16-19-22-25-27-29-30-31-32-33-35-36-39-42-45-48-51-54-57-63(74)69(78)71-61(62(73)56-53-50-47-44-41-38-24-21-18-15-12-9-6-3)60-79-70-68(67(77)66(76)64(59-72)80-70)81-65(75)58-55-52-49-46-43-40-37-34-28-26-23-20-17-14-11-8-5-2/h26,28,53,56,61-64,66-68,70,72-74,76-77H,4-25,27,29-52,54-55,57-60H2,1-3H3,(H,71,78)/b28-26+,56-53+. The first-order valence-electron chi connectivity index (χ1n) is 35.1. The number of hydrogen-bond acceptors (Lipinski definition) is 10. The lowest BCUT2D eigenvalue weighted by Gasteiger charge is -2.41. The third kappa shape index (κ3) is 46.1. The highest BCUT2D eigenvalue weighted by Crippen LogP contribution is 2.26. The molecule has 81 heavy (non-hydrogen) atoms. The van der Waals surface area contributed by atoms with Crippen molar-refractivity contribution in [2.24, 2.45) is 0 Å². The molecule has 1 fully saturated rings. The number of carbonyl (C=O) groups is 2. The largest absolute Gasteiger partial charge is 0.454 e. The summed E-state index contributed by atoms with van der Waals surface area (Å²) in [6.45, 7) is 5.84. The van der Waals surface area contributed by atoms with E-state index in [2.05, 4.69) is 38.2 Å². The summed E-state index contributed by atoms with van der Waals surface area (Å²) in [7, 11) is 0. The zero-order valence-corrected chi connectivity index (χ0v) is 53.2. The van der Waals surface area contributed by atoms with Crippen LogP contribution >= 0.6 is 0 Å². The maximum atomic E-state index is 13.5. The Kier molecular flexibility index (Phi) is 55.7. The van der Waals surface area contributed by atoms with Gasteiger partial charge in [-0.25, -0.2) is 0 Å². The third-order valence-corrected chi connectivity index (χ3v) is 16.9. The second kappa shape index (κ2) is 58.5. The smallest absolute Gasteiger partial charge is 0.306 e. The Hall–Kier alpha value is -1.86. The van der Waals surface area contributed by atoms with Gasteiger partial charge in [0.05, 0.1) is 25.4 Å². The molecule has 0 saturated carbocycles. The topological polar surface area (TPSA) is 175 Å². The second-order valence-electron chi connectivity index (χ2n) is 24.6. The van der Waals surface area contributed by atoms with Crippen molar-refractivity contribution in [3.63, 3.8) is 0 Å². The molecule has 478 valence electrons. The van der Waals surface area contributed by atoms with Crippen LogP contribution in [-0.4, -0.2) is 99.6 Å². The van der Waals surface area contributed by atoms with Gasteiger partial charge in [-0.3, -0.25) is 9.59 Å². The van der Waals surface area contributed by atoms with E-state index in [1.165, 1.54) is 231 Å². The number of esters is 1. The van der Waals surface area contributed by atoms with E-state index < -0.39 is 67.4 Å². The van der Waals surface area contributed by atoms with Crippen LogP contribution < -0.4 is 5.32 Å². The van der Waals surface area contributed by atoms with Gasteiger partial charge in [-0.1, -0.05) is 315 Å². The van der Waals surface area contributed by atoms with Gasteiger partial charge in [0.15, 0.2) is 12.4 Å². The van der Waals surface area contributed by atoms with E-state index in [9.17, 15) is 35.1 Å². The minimum Gasteiger partial charge on any atom is -0.454 e. The molecule has 0 aromatic heterocycles. The molecule has 0 bridgehead atoms. The number of hydrogen-bond donors (Lipinski definition) is 6. The van der Waals surface area contributed by atoms with Crippen LogP contribution in [0.5, 0.6) is 0 Å². The van der Waals surface area contributed by atoms with Crippen LogP contribution in [0.2, 0.25) is 0 Å². The zero-order valence-electron chi connectivity index (χ0n) is 53.2. The fraction of sp³-hybridized carbons (Fsp3) is 0.914. The Morgan fingerprint density at radius 3 is 1.20 bits per heavy atom. The van der Waals surface area contributed by atoms with Gasteiger partial charge >= 0.3 is 5.97 Å². The summed E-state index contributed by atoms with van der Waals surface area (Å²) < 4.78 is 17.7. The highest BCUT2D eigenvalue weighted by atomic mass is 16.7. The fourth-order valence-corrected chi connectivity index (χ4v) is 11.3. The van der Waals surface area contributed by atoms with Crippen LogP contribution in [0.1, 0.15) is 348 Å². The maximum absolute atomic E-state index is 13.5. The number of nitrogens with one attached hydrogen (secondary N) is 1. The van der Waals surface area contributed by atoms with Crippen molar-refractivity contribution in [3.8, 4) is 0 Å². The number of allylic oxidation sites excluding steroid dienone is 3. The van der Waals surface area contributed by atoms with E-state index in [0.717, 1.165) is 70.6 Å². The molecule has 11 nitrogen and oxygen atoms in total. The number of carbonyl (C=O) groups excluding carboxylic acids is 2. The van der Waals surface area contributed by atoms with E-state index in [0.29, 0.717) is 19.3 Å². The van der Waals surface area contributed by atoms with Gasteiger partial charge in [0.1, 0.15) is 24.4 Å². The molecule has 0 aromatic rings. The SMILES string of the molecule is CCCCCCCC/C=C/CCCCCCCCCC(=O)OC1C(OCC(NC(=O)C(O)CCCCCCCCCCCCCCCCCCCCCCCC)C(O)/C=C/CCCCCCCCCCCCC)OC(CO)C(O)C1O. The Bertz CT molecular complexity index is 1410. The number of aliphatic hydroxyl groups is 5. The summed E-state index contributed by atoms with van der Waals surface area (Å²) in [4.78, 5) is 26.6. The Labute approximate surface area is 499 Å². The number of rotatable bonds is 61. The predicted molar refractivity (Wildman–Crippen MR) is 338 cm³/mol. The quantitative estimate of drug-likeness (QED) is 0.0195. The lowest BCUT2D eigenvalue weighted by atomic mass is 9.99. The molecule has 0 aromatic carbocycles. The Morgan fingerprint density at radius 1 is 0.469 bits per heavy atom. The van der Waals surface area contributed by atoms with Crippen molar-refractivity contribution >= 4 is 11.9 Å². The third-order valence-electron chi connectivity index (χ3n) is 16.9. The lowest BCUT2D eigenvalue weighted by molar-refractivity contribution is -0.305. The number of unbranched alkanes of at least 4 members (excludes halogenated alkanes) is 45. The van der Waals surface area contributed by atoms with Gasteiger partial charge < -0.3 is 45.1 Å². The summed E-state index contributed by atoms with van der Waals surface area (Å²) in [5.41, 5.74) is 0. The first-order chi connectivity index (χ1) is 39.7. The summed E-state index contributed by atoms with van der Waals surface area (Å²) in [6.07, 6.45) is 59.3. The van der Waals surface area contributed by atoms with Crippen molar-refractivity contribution in [3.05, 3.63) is 24.3 Å². The maximum Gasteiger partial charge on any atom is 0.306 e. The van der Waals surface area contributed by atoms with Gasteiger partial charge in [0.25, 0.3) is 0 Å². The van der Waals surface area contributed by atoms with Crippen LogP contribution in [0.4, 0.5) is 0 Å². The average Bonchev–Trinajstić information content (AvgIpc) is 3.46. The highest BCUT2D eigenvalue weighted by molar-refractivity contribution is 5.80. The minimum absolute atomic E-state index is 0.123. The van der Waals surface area contributed by atoms with Crippen LogP contribution in [-0.2, 0) is 23.8 Å². The molecular weight excluding hydrogens is 1010 g/mol. The molecule has 1 heterocycles. The molecule has 0 aliphatic carbocycles. The van der Waals surface area contributed by atoms with Gasteiger partial charge in [0, 0.05) is 6.42 Å². The highest BCUT2D eigenvalue weighted by Gasteiger charge is 2.47. The van der Waals surface area contributed by atoms with Crippen molar-refractivity contribution < 1.29 is 49.3 Å². The fourth-order valence-electron chi connectivity index (χ4n) is 11.3. The molecule has 8 unspecified atom stereocenters. The van der Waals surface area contributed by atoms with Crippen molar-refractivity contribution in [1.82, 2.24) is 5.32 Å². The van der Waals surface area contributed by atoms with Gasteiger partial charge in [-0.05, 0) is 51.4 Å². The molecule has 1 rings (SSSR count). The number of ether oxygens (including phenoxy) is 3. The lowest BCUT2D eigenvalue weighted by Crippen LogP contribution is -2.61. The first kappa shape index (κ1) is 77.2. The minimum atomic E-state index is -1.61. The molecule has 1 aliphatic heterocycles. The predicted octanol–water partition coefficient (Wildman–Crippen LogP) is 17.6. The van der Waals surface area contributed by atoms with Gasteiger partial charge in [0.2, 0.25) is 5.91 Å². The summed E-state index contributed by atoms with van der Waals surface area (Å²) in [5, 5.41) is 57.2. The normalized spacial score (nSPS) is 18.7. The molecule has 0 radical (unpaired) electrons. The Morgan fingerprint density at radius 2 is 0.815 bits per heavy atom. The average molecular weight is 1150 g/mol. The van der Waals surface area contributed by atoms with E-state index in [1.807, 2.05) is 6.08 Å². The molecule has 0 spiro atoms. The summed E-state index contributed by atoms with van der Waals surface area (Å²) >= 11 is 0. The molecule has 1 aliphatic rings. The summed E-state index contributed by atoms with van der Waals surface area (Å²) in [5.74, 6) is -1.18. The zero-order chi connectivity index (χ0) is 58.9. The van der Waals surface area contributed by atoms with E-state index in [4.69, 9.17) is 14.2 Å². The van der Waals surface area contributed by atoms with Crippen molar-refractivity contribution in [2.75, 3.05) is 13.2 Å². The number of amides is 1. The van der Waals surface area contributed by atoms with Crippen LogP contribution in [0.3, 0.4) is 0 Å². The molecule has 1 saturated heterocycles. The van der Waals surface area contributed by atoms with Crippen LogP contribution in [0.25, 0.3) is 0 Å². The van der Waals surface area contributed by atoms with Gasteiger partial charge in [-0.15, -0.1) is 0 Å². The first-order valence-corrected chi connectivity index (χ1v) is 35.1. The van der Waals surface area contributed by atoms with Crippen molar-refractivity contribution in [2.45, 2.75) is 397 Å². The molecule has 11 heteroatoms. The summed E-state index contributed by atoms with van der Waals surface area (Å²) in [6, 6.07) is -1.02. The molecule has 6 N–H and O–H groups in total. The molecular formula is C70H133NO10. The van der Waals surface area contributed by atoms with Crippen LogP contribution in [0.15, 0.2) is 24.3 Å². The van der Waals surface area contributed by atoms with E-state index >= 15 is 0 Å². The van der Waals surface area contributed by atoms with Crippen LogP contribution in [0, 0.1) is 0 Å². The van der Waals surface area contributed by atoms with E-state index in [1.54, 1.807) is 6.08 Å². The van der Waals surface area contributed by atoms with Gasteiger partial charge in [-0.2, -0.15) is 0 Å². The van der Waals surface area contributed by atoms with Crippen molar-refractivity contribution in [1.29, 1.82) is 0 Å².